The number of nitrogens with one attached hydrogen (secondary N) is 1. The van der Waals surface area contributed by atoms with Gasteiger partial charge in [-0.3, -0.25) is 14.7 Å². The molecule has 0 radical (unpaired) electrons. The number of hydrogen-bond donors (Lipinski definition) is 1. The molecule has 1 atom stereocenters. The normalized spacial score (nSPS) is 16.2. The summed E-state index contributed by atoms with van der Waals surface area (Å²) in [6, 6.07) is 7.26. The van der Waals surface area contributed by atoms with E-state index in [1.54, 1.807) is 25.7 Å². The summed E-state index contributed by atoms with van der Waals surface area (Å²) in [6.07, 6.45) is 5.94. The molecule has 7 heteroatoms. The first kappa shape index (κ1) is 18.1. The third-order valence-corrected chi connectivity index (χ3v) is 4.68. The van der Waals surface area contributed by atoms with Crippen molar-refractivity contribution in [3.05, 3.63) is 42.9 Å². The molecule has 0 spiro atoms. The zero-order valence-corrected chi connectivity index (χ0v) is 15.3. The van der Waals surface area contributed by atoms with Crippen LogP contribution in [0.25, 0.3) is 0 Å². The van der Waals surface area contributed by atoms with Gasteiger partial charge in [0.2, 0.25) is 5.91 Å². The molecule has 1 aromatic heterocycles. The van der Waals surface area contributed by atoms with Crippen LogP contribution in [0.4, 0.5) is 11.5 Å². The van der Waals surface area contributed by atoms with Crippen molar-refractivity contribution in [1.82, 2.24) is 14.9 Å². The van der Waals surface area contributed by atoms with Crippen molar-refractivity contribution in [2.75, 3.05) is 43.5 Å². The predicted octanol–water partition coefficient (Wildman–Crippen LogP) is 2.02. The number of anilines is 2. The van der Waals surface area contributed by atoms with Crippen LogP contribution in [-0.4, -0.2) is 60.1 Å². The van der Waals surface area contributed by atoms with E-state index in [1.807, 2.05) is 31.2 Å². The van der Waals surface area contributed by atoms with Crippen LogP contribution in [0.3, 0.4) is 0 Å². The van der Waals surface area contributed by atoms with Crippen LogP contribution >= 0.6 is 0 Å². The number of ether oxygens (including phenoxy) is 1. The summed E-state index contributed by atoms with van der Waals surface area (Å²) in [7, 11) is 1.63. The molecule has 1 fully saturated rings. The van der Waals surface area contributed by atoms with Crippen LogP contribution in [0, 0.1) is 0 Å². The Morgan fingerprint density at radius 2 is 1.92 bits per heavy atom. The van der Waals surface area contributed by atoms with E-state index in [4.69, 9.17) is 4.74 Å². The van der Waals surface area contributed by atoms with Crippen LogP contribution < -0.4 is 15.0 Å². The Morgan fingerprint density at radius 3 is 2.50 bits per heavy atom. The molecular weight excluding hydrogens is 330 g/mol. The molecule has 1 aromatic carbocycles. The zero-order valence-electron chi connectivity index (χ0n) is 15.3. The first-order valence-corrected chi connectivity index (χ1v) is 8.91. The summed E-state index contributed by atoms with van der Waals surface area (Å²) in [5.74, 6) is 1.70. The number of carbonyl (C=O) groups is 1. The fraction of sp³-hybridized carbons (Fsp3) is 0.421. The van der Waals surface area contributed by atoms with Gasteiger partial charge >= 0.3 is 0 Å². The third kappa shape index (κ3) is 4.29. The van der Waals surface area contributed by atoms with Gasteiger partial charge in [-0.2, -0.15) is 0 Å². The lowest BCUT2D eigenvalue weighted by Crippen LogP contribution is -2.53. The van der Waals surface area contributed by atoms with Crippen LogP contribution in [-0.2, 0) is 4.79 Å². The molecule has 1 saturated heterocycles. The second-order valence-electron chi connectivity index (χ2n) is 6.23. The van der Waals surface area contributed by atoms with Gasteiger partial charge in [0, 0.05) is 44.3 Å². The SMILES string of the molecule is CC[C@H](C(=O)Nc1ccc(OC)cc1)N1CCN(c2cnccn2)CC1. The summed E-state index contributed by atoms with van der Waals surface area (Å²) in [6.45, 7) is 5.37. The maximum atomic E-state index is 12.7. The molecule has 0 unspecified atom stereocenters. The van der Waals surface area contributed by atoms with Crippen LogP contribution in [0.15, 0.2) is 42.9 Å². The number of aromatic nitrogens is 2. The second kappa shape index (κ2) is 8.62. The van der Waals surface area contributed by atoms with Gasteiger partial charge < -0.3 is 15.0 Å². The molecule has 2 aromatic rings. The Bertz CT molecular complexity index is 700. The Morgan fingerprint density at radius 1 is 1.19 bits per heavy atom. The van der Waals surface area contributed by atoms with Crippen molar-refractivity contribution in [3.63, 3.8) is 0 Å². The smallest absolute Gasteiger partial charge is 0.241 e. The average Bonchev–Trinajstić information content (AvgIpc) is 2.70. The lowest BCUT2D eigenvalue weighted by atomic mass is 10.1. The van der Waals surface area contributed by atoms with Gasteiger partial charge in [-0.15, -0.1) is 0 Å². The molecular formula is C19H25N5O2. The molecule has 1 aliphatic rings. The van der Waals surface area contributed by atoms with Crippen molar-refractivity contribution in [2.24, 2.45) is 0 Å². The highest BCUT2D eigenvalue weighted by atomic mass is 16.5. The van der Waals surface area contributed by atoms with Crippen molar-refractivity contribution in [3.8, 4) is 5.75 Å². The third-order valence-electron chi connectivity index (χ3n) is 4.68. The fourth-order valence-corrected chi connectivity index (χ4v) is 3.23. The summed E-state index contributed by atoms with van der Waals surface area (Å²) in [5.41, 5.74) is 0.785. The number of rotatable bonds is 6. The minimum absolute atomic E-state index is 0.0330. The lowest BCUT2D eigenvalue weighted by molar-refractivity contribution is -0.121. The molecule has 0 aliphatic carbocycles. The summed E-state index contributed by atoms with van der Waals surface area (Å²) in [5, 5.41) is 3.01. The highest BCUT2D eigenvalue weighted by Crippen LogP contribution is 2.18. The first-order chi connectivity index (χ1) is 12.7. The zero-order chi connectivity index (χ0) is 18.4. The highest BCUT2D eigenvalue weighted by molar-refractivity contribution is 5.94. The Balaban J connectivity index is 1.57. The minimum atomic E-state index is -0.138. The molecule has 2 heterocycles. The van der Waals surface area contributed by atoms with E-state index in [1.165, 1.54) is 0 Å². The van der Waals surface area contributed by atoms with Gasteiger partial charge in [0.05, 0.1) is 19.3 Å². The molecule has 1 amide bonds. The quantitative estimate of drug-likeness (QED) is 0.855. The van der Waals surface area contributed by atoms with E-state index in [0.717, 1.165) is 49.9 Å². The predicted molar refractivity (Wildman–Crippen MR) is 102 cm³/mol. The largest absolute Gasteiger partial charge is 0.497 e. The van der Waals surface area contributed by atoms with E-state index in [0.29, 0.717) is 0 Å². The van der Waals surface area contributed by atoms with Gasteiger partial charge in [-0.05, 0) is 30.7 Å². The van der Waals surface area contributed by atoms with Gasteiger partial charge in [0.1, 0.15) is 11.6 Å². The molecule has 0 saturated carbocycles. The number of benzene rings is 1. The molecule has 1 N–H and O–H groups in total. The van der Waals surface area contributed by atoms with E-state index >= 15 is 0 Å². The first-order valence-electron chi connectivity index (χ1n) is 8.91. The van der Waals surface area contributed by atoms with Crippen LogP contribution in [0.1, 0.15) is 13.3 Å². The van der Waals surface area contributed by atoms with Crippen LogP contribution in [0.2, 0.25) is 0 Å². The number of piperazine rings is 1. The maximum Gasteiger partial charge on any atom is 0.241 e. The Kier molecular flexibility index (Phi) is 6.01. The lowest BCUT2D eigenvalue weighted by Gasteiger charge is -2.38. The number of amides is 1. The highest BCUT2D eigenvalue weighted by Gasteiger charge is 2.28. The van der Waals surface area contributed by atoms with Gasteiger partial charge in [-0.1, -0.05) is 6.92 Å². The Labute approximate surface area is 154 Å². The fourth-order valence-electron chi connectivity index (χ4n) is 3.23. The minimum Gasteiger partial charge on any atom is -0.497 e. The molecule has 26 heavy (non-hydrogen) atoms. The molecule has 3 rings (SSSR count). The van der Waals surface area contributed by atoms with Gasteiger partial charge in [0.15, 0.2) is 0 Å². The van der Waals surface area contributed by atoms with Crippen molar-refractivity contribution < 1.29 is 9.53 Å². The standard InChI is InChI=1S/C19H25N5O2/c1-3-17(19(25)22-15-4-6-16(26-2)7-5-15)23-10-12-24(13-11-23)18-14-20-8-9-21-18/h4-9,14,17H,3,10-13H2,1-2H3,(H,22,25)/t17-/m1/s1. The Hall–Kier alpha value is -2.67. The summed E-state index contributed by atoms with van der Waals surface area (Å²) >= 11 is 0. The number of hydrogen-bond acceptors (Lipinski definition) is 6. The summed E-state index contributed by atoms with van der Waals surface area (Å²) < 4.78 is 5.15. The summed E-state index contributed by atoms with van der Waals surface area (Å²) in [4.78, 5) is 25.7. The number of methoxy groups -OCH3 is 1. The van der Waals surface area contributed by atoms with Crippen molar-refractivity contribution >= 4 is 17.4 Å². The second-order valence-corrected chi connectivity index (χ2v) is 6.23. The monoisotopic (exact) mass is 355 g/mol. The number of nitrogens with zero attached hydrogens (tertiary/aromatic N) is 4. The van der Waals surface area contributed by atoms with E-state index < -0.39 is 0 Å². The number of carbonyl (C=O) groups excluding carboxylic acids is 1. The molecule has 0 bridgehead atoms. The van der Waals surface area contributed by atoms with E-state index in [2.05, 4.69) is 25.1 Å². The van der Waals surface area contributed by atoms with Crippen LogP contribution in [0.5, 0.6) is 5.75 Å². The van der Waals surface area contributed by atoms with E-state index in [-0.39, 0.29) is 11.9 Å². The average molecular weight is 355 g/mol. The topological polar surface area (TPSA) is 70.6 Å². The van der Waals surface area contributed by atoms with Crippen molar-refractivity contribution in [1.29, 1.82) is 0 Å². The van der Waals surface area contributed by atoms with Gasteiger partial charge in [0.25, 0.3) is 0 Å². The van der Waals surface area contributed by atoms with Gasteiger partial charge in [-0.25, -0.2) is 4.98 Å². The molecule has 138 valence electrons. The molecule has 1 aliphatic heterocycles. The maximum absolute atomic E-state index is 12.7. The molecule has 7 nitrogen and oxygen atoms in total. The van der Waals surface area contributed by atoms with Crippen molar-refractivity contribution in [2.45, 2.75) is 19.4 Å². The van der Waals surface area contributed by atoms with E-state index in [9.17, 15) is 4.79 Å².